The maximum Gasteiger partial charge on any atom is 0.280 e. The van der Waals surface area contributed by atoms with Crippen LogP contribution in [0.4, 0.5) is 0 Å². The molecule has 2 rings (SSSR count). The lowest BCUT2D eigenvalue weighted by molar-refractivity contribution is 0.100. The van der Waals surface area contributed by atoms with Crippen molar-refractivity contribution in [1.29, 1.82) is 0 Å². The normalized spacial score (nSPS) is 9.57. The third-order valence-corrected chi connectivity index (χ3v) is 2.70. The van der Waals surface area contributed by atoms with E-state index in [9.17, 15) is 9.59 Å². The Labute approximate surface area is 127 Å². The molecule has 21 heavy (non-hydrogen) atoms. The Bertz CT molecular complexity index is 689. The highest BCUT2D eigenvalue weighted by Crippen LogP contribution is 2.16. The molecule has 1 amide bonds. The number of halogens is 1. The summed E-state index contributed by atoms with van der Waals surface area (Å²) in [5.41, 5.74) is 11.8. The summed E-state index contributed by atoms with van der Waals surface area (Å²) < 4.78 is 1.79. The number of benzene rings is 1. The molecule has 0 bridgehead atoms. The van der Waals surface area contributed by atoms with E-state index >= 15 is 0 Å². The average molecular weight is 307 g/mol. The predicted molar refractivity (Wildman–Crippen MR) is 83.2 cm³/mol. The van der Waals surface area contributed by atoms with E-state index in [1.165, 1.54) is 13.0 Å². The van der Waals surface area contributed by atoms with Gasteiger partial charge in [0.05, 0.1) is 0 Å². The van der Waals surface area contributed by atoms with Crippen molar-refractivity contribution in [3.05, 3.63) is 53.9 Å². The third kappa shape index (κ3) is 3.93. The molecule has 0 atom stereocenters. The van der Waals surface area contributed by atoms with Crippen molar-refractivity contribution >= 4 is 30.1 Å². The van der Waals surface area contributed by atoms with Crippen LogP contribution < -0.4 is 11.5 Å². The molecule has 0 unspecified atom stereocenters. The Morgan fingerprint density at radius 3 is 2.14 bits per heavy atom. The molecule has 0 spiro atoms. The van der Waals surface area contributed by atoms with E-state index in [-0.39, 0.29) is 29.7 Å². The Hall–Kier alpha value is -2.60. The zero-order chi connectivity index (χ0) is 14.7. The highest BCUT2D eigenvalue weighted by molar-refractivity contribution is 6.04. The van der Waals surface area contributed by atoms with Gasteiger partial charge in [0.15, 0.2) is 11.7 Å². The number of nitrogens with two attached hydrogens (primary N) is 2. The summed E-state index contributed by atoms with van der Waals surface area (Å²) in [6.07, 6.45) is 3.63. The molecule has 4 N–H and O–H groups in total. The standard InChI is InChI=1S/C14H14N4O2.ClH/c1-9(19)10-6-11(13(20)17-14(15)16)8-12(7-10)18-4-2-3-5-18;/h2-8H,1H3,(H4,15,16,17,20);1H. The maximum absolute atomic E-state index is 11.9. The molecule has 0 aliphatic heterocycles. The maximum atomic E-state index is 11.9. The molecule has 7 heteroatoms. The molecule has 0 saturated heterocycles. The number of aliphatic imine (C=N–C) groups is 1. The van der Waals surface area contributed by atoms with Gasteiger partial charge in [-0.1, -0.05) is 0 Å². The molecule has 0 saturated carbocycles. The molecule has 0 radical (unpaired) electrons. The molecule has 0 aliphatic rings. The number of hydrogen-bond donors (Lipinski definition) is 2. The first-order valence-electron chi connectivity index (χ1n) is 5.90. The highest BCUT2D eigenvalue weighted by Gasteiger charge is 2.11. The topological polar surface area (TPSA) is 103 Å². The van der Waals surface area contributed by atoms with E-state index in [0.717, 1.165) is 0 Å². The van der Waals surface area contributed by atoms with Gasteiger partial charge in [0.1, 0.15) is 0 Å². The zero-order valence-corrected chi connectivity index (χ0v) is 12.1. The van der Waals surface area contributed by atoms with Crippen molar-refractivity contribution < 1.29 is 9.59 Å². The van der Waals surface area contributed by atoms with Crippen LogP contribution in [0.1, 0.15) is 27.6 Å². The minimum absolute atomic E-state index is 0. The first-order chi connectivity index (χ1) is 9.47. The second-order valence-corrected chi connectivity index (χ2v) is 4.26. The van der Waals surface area contributed by atoms with E-state index in [0.29, 0.717) is 11.3 Å². The van der Waals surface area contributed by atoms with Gasteiger partial charge in [-0.05, 0) is 37.3 Å². The summed E-state index contributed by atoms with van der Waals surface area (Å²) in [6, 6.07) is 8.50. The fourth-order valence-corrected chi connectivity index (χ4v) is 1.78. The van der Waals surface area contributed by atoms with E-state index in [1.807, 2.05) is 24.5 Å². The van der Waals surface area contributed by atoms with Gasteiger partial charge in [0.2, 0.25) is 0 Å². The Morgan fingerprint density at radius 1 is 1.05 bits per heavy atom. The highest BCUT2D eigenvalue weighted by atomic mass is 35.5. The molecule has 0 aliphatic carbocycles. The van der Waals surface area contributed by atoms with Crippen LogP contribution >= 0.6 is 12.4 Å². The fourth-order valence-electron chi connectivity index (χ4n) is 1.78. The van der Waals surface area contributed by atoms with E-state index < -0.39 is 5.91 Å². The van der Waals surface area contributed by atoms with Crippen LogP contribution in [0.15, 0.2) is 47.7 Å². The van der Waals surface area contributed by atoms with E-state index in [1.54, 1.807) is 16.7 Å². The third-order valence-electron chi connectivity index (χ3n) is 2.70. The van der Waals surface area contributed by atoms with Crippen LogP contribution in [-0.4, -0.2) is 22.2 Å². The van der Waals surface area contributed by atoms with E-state index in [2.05, 4.69) is 4.99 Å². The molecule has 1 heterocycles. The van der Waals surface area contributed by atoms with Gasteiger partial charge in [-0.15, -0.1) is 12.4 Å². The number of amides is 1. The molecular weight excluding hydrogens is 292 g/mol. The number of aromatic nitrogens is 1. The molecular formula is C14H15ClN4O2. The molecule has 1 aromatic carbocycles. The van der Waals surface area contributed by atoms with Crippen LogP contribution in [0.25, 0.3) is 5.69 Å². The van der Waals surface area contributed by atoms with Crippen molar-refractivity contribution in [2.24, 2.45) is 16.5 Å². The summed E-state index contributed by atoms with van der Waals surface area (Å²) in [4.78, 5) is 26.9. The zero-order valence-electron chi connectivity index (χ0n) is 11.3. The SMILES string of the molecule is CC(=O)c1cc(C(=O)N=C(N)N)cc(-n2cccc2)c1.Cl. The first-order valence-corrected chi connectivity index (χ1v) is 5.90. The van der Waals surface area contributed by atoms with Crippen LogP contribution in [0.3, 0.4) is 0 Å². The van der Waals surface area contributed by atoms with Crippen LogP contribution in [0.5, 0.6) is 0 Å². The molecule has 6 nitrogen and oxygen atoms in total. The Kier molecular flexibility index (Phi) is 5.26. The summed E-state index contributed by atoms with van der Waals surface area (Å²) in [6.45, 7) is 1.43. The number of Topliss-reactive ketones (excluding diaryl/α,β-unsaturated/α-hetero) is 1. The summed E-state index contributed by atoms with van der Waals surface area (Å²) in [5, 5.41) is 0. The molecule has 1 aromatic heterocycles. The molecule has 0 fully saturated rings. The summed E-state index contributed by atoms with van der Waals surface area (Å²) in [5.74, 6) is -1.04. The van der Waals surface area contributed by atoms with Crippen LogP contribution in [0.2, 0.25) is 0 Å². The van der Waals surface area contributed by atoms with Crippen LogP contribution in [-0.2, 0) is 0 Å². The van der Waals surface area contributed by atoms with Gasteiger partial charge in [-0.3, -0.25) is 9.59 Å². The molecule has 110 valence electrons. The van der Waals surface area contributed by atoms with Gasteiger partial charge < -0.3 is 16.0 Å². The quantitative estimate of drug-likeness (QED) is 0.509. The van der Waals surface area contributed by atoms with E-state index in [4.69, 9.17) is 11.5 Å². The number of ketones is 1. The van der Waals surface area contributed by atoms with Gasteiger partial charge in [0.25, 0.3) is 5.91 Å². The number of guanidine groups is 1. The minimum atomic E-state index is -0.582. The smallest absolute Gasteiger partial charge is 0.280 e. The first kappa shape index (κ1) is 16.5. The van der Waals surface area contributed by atoms with Gasteiger partial charge in [0, 0.05) is 29.2 Å². The predicted octanol–water partition coefficient (Wildman–Crippen LogP) is 1.52. The van der Waals surface area contributed by atoms with Crippen molar-refractivity contribution in [3.8, 4) is 5.69 Å². The second kappa shape index (κ2) is 6.71. The summed E-state index contributed by atoms with van der Waals surface area (Å²) in [7, 11) is 0. The number of carbonyl (C=O) groups is 2. The van der Waals surface area contributed by atoms with Gasteiger partial charge >= 0.3 is 0 Å². The monoisotopic (exact) mass is 306 g/mol. The van der Waals surface area contributed by atoms with Crippen molar-refractivity contribution in [3.63, 3.8) is 0 Å². The average Bonchev–Trinajstić information content (AvgIpc) is 2.91. The lowest BCUT2D eigenvalue weighted by Crippen LogP contribution is -2.24. The largest absolute Gasteiger partial charge is 0.370 e. The Balaban J connectivity index is 0.00000220. The lowest BCUT2D eigenvalue weighted by Gasteiger charge is -2.07. The number of carbonyl (C=O) groups excluding carboxylic acids is 2. The van der Waals surface area contributed by atoms with Crippen molar-refractivity contribution in [1.82, 2.24) is 4.57 Å². The summed E-state index contributed by atoms with van der Waals surface area (Å²) >= 11 is 0. The number of nitrogens with zero attached hydrogens (tertiary/aromatic N) is 2. The second-order valence-electron chi connectivity index (χ2n) is 4.26. The number of rotatable bonds is 3. The fraction of sp³-hybridized carbons (Fsp3) is 0.0714. The molecule has 2 aromatic rings. The van der Waals surface area contributed by atoms with Crippen molar-refractivity contribution in [2.75, 3.05) is 0 Å². The van der Waals surface area contributed by atoms with Crippen molar-refractivity contribution in [2.45, 2.75) is 6.92 Å². The van der Waals surface area contributed by atoms with Crippen LogP contribution in [0, 0.1) is 0 Å². The van der Waals surface area contributed by atoms with Gasteiger partial charge in [-0.2, -0.15) is 4.99 Å². The lowest BCUT2D eigenvalue weighted by atomic mass is 10.1. The minimum Gasteiger partial charge on any atom is -0.370 e. The number of hydrogen-bond acceptors (Lipinski definition) is 2. The Morgan fingerprint density at radius 2 is 1.62 bits per heavy atom. The van der Waals surface area contributed by atoms with Gasteiger partial charge in [-0.25, -0.2) is 0 Å².